The second kappa shape index (κ2) is 12.2. The van der Waals surface area contributed by atoms with E-state index >= 15 is 0 Å². The molecule has 7 aromatic carbocycles. The van der Waals surface area contributed by atoms with Crippen molar-refractivity contribution in [3.63, 3.8) is 0 Å². The first-order valence-corrected chi connectivity index (χ1v) is 18.2. The normalized spacial score (nSPS) is 12.9. The van der Waals surface area contributed by atoms with Crippen molar-refractivity contribution >= 4 is 21.7 Å². The van der Waals surface area contributed by atoms with Crippen LogP contribution in [0.15, 0.2) is 176 Å². The Morgan fingerprint density at radius 1 is 0.396 bits per heavy atom. The lowest BCUT2D eigenvalue weighted by Crippen LogP contribution is -2.14. The number of fused-ring (bicyclic) bond motifs is 5. The van der Waals surface area contributed by atoms with Crippen molar-refractivity contribution in [2.45, 2.75) is 19.3 Å². The van der Waals surface area contributed by atoms with Crippen molar-refractivity contribution in [2.24, 2.45) is 0 Å². The second-order valence-electron chi connectivity index (χ2n) is 14.5. The molecule has 2 heterocycles. The van der Waals surface area contributed by atoms with Crippen molar-refractivity contribution in [2.75, 3.05) is 0 Å². The second-order valence-corrected chi connectivity index (χ2v) is 14.5. The summed E-state index contributed by atoms with van der Waals surface area (Å²) in [7, 11) is 0. The summed E-state index contributed by atoms with van der Waals surface area (Å²) in [6.45, 7) is 4.71. The summed E-state index contributed by atoms with van der Waals surface area (Å²) in [6, 6.07) is 60.6. The highest BCUT2D eigenvalue weighted by molar-refractivity contribution is 6.00. The summed E-state index contributed by atoms with van der Waals surface area (Å²) >= 11 is 0. The molecule has 0 aliphatic heterocycles. The molecule has 9 aromatic rings. The Bertz CT molecular complexity index is 2850. The van der Waals surface area contributed by atoms with Gasteiger partial charge in [0.05, 0.1) is 16.9 Å². The van der Waals surface area contributed by atoms with Crippen molar-refractivity contribution in [1.29, 1.82) is 0 Å². The monoisotopic (exact) mass is 677 g/mol. The lowest BCUT2D eigenvalue weighted by molar-refractivity contribution is 0.661. The van der Waals surface area contributed by atoms with Crippen LogP contribution in [0.25, 0.3) is 89.0 Å². The standard InChI is InChI=1S/C50H35N3/c1-50(2)43-20-10-19-41(48(43)42-29-35-14-6-7-15-36(35)30-44(42)50)39-17-8-9-18-40(39)47-31-46(52-49(53-47)34-12-4-3-5-13-34)33-23-21-32(22-24-33)37-25-26-45-38(28-37)16-11-27-51-45/h3-31H,1-2H3. The molecule has 10 rings (SSSR count). The van der Waals surface area contributed by atoms with E-state index in [9.17, 15) is 0 Å². The van der Waals surface area contributed by atoms with Gasteiger partial charge in [-0.3, -0.25) is 4.98 Å². The molecule has 53 heavy (non-hydrogen) atoms. The Labute approximate surface area is 309 Å². The predicted octanol–water partition coefficient (Wildman–Crippen LogP) is 12.8. The number of hydrogen-bond acceptors (Lipinski definition) is 3. The molecule has 0 amide bonds. The van der Waals surface area contributed by atoms with Gasteiger partial charge in [-0.1, -0.05) is 147 Å². The third-order valence-electron chi connectivity index (χ3n) is 10.9. The Morgan fingerprint density at radius 2 is 1.06 bits per heavy atom. The van der Waals surface area contributed by atoms with Crippen LogP contribution in [0.3, 0.4) is 0 Å². The van der Waals surface area contributed by atoms with Crippen LogP contribution in [0.5, 0.6) is 0 Å². The highest BCUT2D eigenvalue weighted by Crippen LogP contribution is 2.54. The number of pyridine rings is 1. The van der Waals surface area contributed by atoms with Crippen LogP contribution in [0.4, 0.5) is 0 Å². The van der Waals surface area contributed by atoms with E-state index in [1.807, 2.05) is 30.5 Å². The van der Waals surface area contributed by atoms with E-state index in [1.165, 1.54) is 38.6 Å². The van der Waals surface area contributed by atoms with Gasteiger partial charge in [-0.15, -0.1) is 0 Å². The molecule has 3 nitrogen and oxygen atoms in total. The Balaban J connectivity index is 1.13. The molecule has 3 heteroatoms. The molecule has 0 atom stereocenters. The lowest BCUT2D eigenvalue weighted by atomic mass is 9.81. The minimum Gasteiger partial charge on any atom is -0.256 e. The maximum absolute atomic E-state index is 5.27. The summed E-state index contributed by atoms with van der Waals surface area (Å²) in [5, 5.41) is 3.67. The zero-order valence-corrected chi connectivity index (χ0v) is 29.6. The minimum atomic E-state index is -0.127. The molecule has 0 spiro atoms. The molecule has 1 aliphatic carbocycles. The fourth-order valence-electron chi connectivity index (χ4n) is 8.18. The smallest absolute Gasteiger partial charge is 0.160 e. The number of hydrogen-bond donors (Lipinski definition) is 0. The average molecular weight is 678 g/mol. The maximum Gasteiger partial charge on any atom is 0.160 e. The highest BCUT2D eigenvalue weighted by Gasteiger charge is 2.37. The van der Waals surface area contributed by atoms with Crippen LogP contribution in [-0.2, 0) is 5.41 Å². The van der Waals surface area contributed by atoms with E-state index in [0.29, 0.717) is 5.82 Å². The molecule has 0 bridgehead atoms. The molecule has 0 radical (unpaired) electrons. The Morgan fingerprint density at radius 3 is 1.89 bits per heavy atom. The highest BCUT2D eigenvalue weighted by atomic mass is 14.9. The van der Waals surface area contributed by atoms with Crippen molar-refractivity contribution in [3.8, 4) is 67.3 Å². The quantitative estimate of drug-likeness (QED) is 0.182. The van der Waals surface area contributed by atoms with E-state index in [4.69, 9.17) is 9.97 Å². The Kier molecular flexibility index (Phi) is 7.16. The average Bonchev–Trinajstić information content (AvgIpc) is 3.45. The zero-order chi connectivity index (χ0) is 35.5. The SMILES string of the molecule is CC1(C)c2cc3ccccc3cc2-c2c(-c3ccccc3-c3cc(-c4ccc(-c5ccc6ncccc6c5)cc4)nc(-c4ccccc4)n3)cccc21. The van der Waals surface area contributed by atoms with Gasteiger partial charge in [0.1, 0.15) is 0 Å². The molecule has 1 aliphatic rings. The summed E-state index contributed by atoms with van der Waals surface area (Å²) in [5.74, 6) is 0.704. The van der Waals surface area contributed by atoms with E-state index in [0.717, 1.165) is 55.7 Å². The van der Waals surface area contributed by atoms with Gasteiger partial charge in [-0.05, 0) is 91.7 Å². The largest absolute Gasteiger partial charge is 0.256 e. The molecule has 0 N–H and O–H groups in total. The number of nitrogens with zero attached hydrogens (tertiary/aromatic N) is 3. The van der Waals surface area contributed by atoms with Crippen LogP contribution in [0.2, 0.25) is 0 Å². The number of benzene rings is 7. The third-order valence-corrected chi connectivity index (χ3v) is 10.9. The molecule has 0 saturated carbocycles. The van der Waals surface area contributed by atoms with Gasteiger partial charge in [0, 0.05) is 33.7 Å². The fraction of sp³-hybridized carbons (Fsp3) is 0.0600. The van der Waals surface area contributed by atoms with Gasteiger partial charge in [-0.25, -0.2) is 9.97 Å². The van der Waals surface area contributed by atoms with Gasteiger partial charge in [0.25, 0.3) is 0 Å². The molecular weight excluding hydrogens is 643 g/mol. The van der Waals surface area contributed by atoms with Crippen LogP contribution in [-0.4, -0.2) is 15.0 Å². The third kappa shape index (κ3) is 5.24. The molecule has 0 fully saturated rings. The first-order valence-electron chi connectivity index (χ1n) is 18.2. The fourth-order valence-corrected chi connectivity index (χ4v) is 8.18. The van der Waals surface area contributed by atoms with Gasteiger partial charge < -0.3 is 0 Å². The van der Waals surface area contributed by atoms with Crippen LogP contribution in [0.1, 0.15) is 25.0 Å². The molecule has 0 saturated heterocycles. The lowest BCUT2D eigenvalue weighted by Gasteiger charge is -2.22. The van der Waals surface area contributed by atoms with E-state index in [2.05, 4.69) is 164 Å². The van der Waals surface area contributed by atoms with Crippen LogP contribution < -0.4 is 0 Å². The molecule has 0 unspecified atom stereocenters. The van der Waals surface area contributed by atoms with Gasteiger partial charge in [0.2, 0.25) is 0 Å². The number of aromatic nitrogens is 3. The molecule has 250 valence electrons. The zero-order valence-electron chi connectivity index (χ0n) is 29.6. The van der Waals surface area contributed by atoms with Crippen molar-refractivity contribution < 1.29 is 0 Å². The van der Waals surface area contributed by atoms with Crippen LogP contribution in [0, 0.1) is 0 Å². The van der Waals surface area contributed by atoms with E-state index in [-0.39, 0.29) is 5.41 Å². The van der Waals surface area contributed by atoms with Gasteiger partial charge in [0.15, 0.2) is 5.82 Å². The Hall–Kier alpha value is -6.71. The first-order chi connectivity index (χ1) is 26.0. The van der Waals surface area contributed by atoms with Gasteiger partial charge >= 0.3 is 0 Å². The predicted molar refractivity (Wildman–Crippen MR) is 220 cm³/mol. The van der Waals surface area contributed by atoms with Crippen molar-refractivity contribution in [3.05, 3.63) is 187 Å². The van der Waals surface area contributed by atoms with E-state index < -0.39 is 0 Å². The summed E-state index contributed by atoms with van der Waals surface area (Å²) in [4.78, 5) is 14.9. The molecule has 2 aromatic heterocycles. The molecular formula is C50H35N3. The summed E-state index contributed by atoms with van der Waals surface area (Å²) < 4.78 is 0. The number of rotatable bonds is 5. The first kappa shape index (κ1) is 31.1. The van der Waals surface area contributed by atoms with Gasteiger partial charge in [-0.2, -0.15) is 0 Å². The minimum absolute atomic E-state index is 0.127. The summed E-state index contributed by atoms with van der Waals surface area (Å²) in [6.07, 6.45) is 1.84. The summed E-state index contributed by atoms with van der Waals surface area (Å²) in [5.41, 5.74) is 15.8. The maximum atomic E-state index is 5.27. The topological polar surface area (TPSA) is 38.7 Å². The van der Waals surface area contributed by atoms with Crippen molar-refractivity contribution in [1.82, 2.24) is 15.0 Å². The van der Waals surface area contributed by atoms with Crippen LogP contribution >= 0.6 is 0 Å². The van der Waals surface area contributed by atoms with E-state index in [1.54, 1.807) is 0 Å².